The van der Waals surface area contributed by atoms with Crippen LogP contribution < -0.4 is 0 Å². The van der Waals surface area contributed by atoms with Gasteiger partial charge in [-0.25, -0.2) is 22.0 Å². The van der Waals surface area contributed by atoms with Crippen molar-refractivity contribution in [2.24, 2.45) is 5.92 Å². The Morgan fingerprint density at radius 3 is 1.71 bits per heavy atom. The first-order valence-electron chi connectivity index (χ1n) is 4.28. The first-order chi connectivity index (χ1) is 7.82. The number of ketones is 1. The molecule has 1 rings (SSSR count). The van der Waals surface area contributed by atoms with Gasteiger partial charge in [0.05, 0.1) is 11.6 Å². The van der Waals surface area contributed by atoms with Crippen LogP contribution in [0, 0.1) is 46.3 Å². The SMILES string of the molecule is CC(C#N)C(=O)c1c(F)c(F)c(F)c(F)c1F. The molecule has 0 aromatic heterocycles. The molecule has 0 saturated carbocycles. The molecule has 1 aromatic carbocycles. The van der Waals surface area contributed by atoms with E-state index in [2.05, 4.69) is 0 Å². The fraction of sp³-hybridized carbons (Fsp3) is 0.200. The Morgan fingerprint density at radius 1 is 1.00 bits per heavy atom. The summed E-state index contributed by atoms with van der Waals surface area (Å²) in [5.41, 5.74) is -1.59. The Hall–Kier alpha value is -1.97. The van der Waals surface area contributed by atoms with Crippen LogP contribution in [-0.2, 0) is 0 Å². The van der Waals surface area contributed by atoms with Crippen molar-refractivity contribution in [3.63, 3.8) is 0 Å². The van der Waals surface area contributed by atoms with Gasteiger partial charge in [-0.2, -0.15) is 5.26 Å². The van der Waals surface area contributed by atoms with Gasteiger partial charge in [0.15, 0.2) is 29.1 Å². The van der Waals surface area contributed by atoms with E-state index in [0.29, 0.717) is 0 Å². The number of benzene rings is 1. The van der Waals surface area contributed by atoms with Crippen molar-refractivity contribution >= 4 is 5.78 Å². The third-order valence-electron chi connectivity index (χ3n) is 2.04. The van der Waals surface area contributed by atoms with Crippen LogP contribution >= 0.6 is 0 Å². The molecule has 0 fully saturated rings. The van der Waals surface area contributed by atoms with Crippen molar-refractivity contribution < 1.29 is 26.7 Å². The quantitative estimate of drug-likeness (QED) is 0.350. The number of carbonyl (C=O) groups excluding carboxylic acids is 1. The Kier molecular flexibility index (Phi) is 3.46. The summed E-state index contributed by atoms with van der Waals surface area (Å²) in [7, 11) is 0. The van der Waals surface area contributed by atoms with Crippen LogP contribution in [0.5, 0.6) is 0 Å². The fourth-order valence-electron chi connectivity index (χ4n) is 1.10. The van der Waals surface area contributed by atoms with Crippen LogP contribution in [0.3, 0.4) is 0 Å². The van der Waals surface area contributed by atoms with Crippen LogP contribution in [0.1, 0.15) is 17.3 Å². The summed E-state index contributed by atoms with van der Waals surface area (Å²) in [5.74, 6) is -14.2. The molecule has 0 aliphatic heterocycles. The molecule has 1 aromatic rings. The lowest BCUT2D eigenvalue weighted by molar-refractivity contribution is 0.0945. The number of Topliss-reactive ketones (excluding diaryl/α,β-unsaturated/α-hetero) is 1. The number of rotatable bonds is 2. The average Bonchev–Trinajstić information content (AvgIpc) is 2.32. The van der Waals surface area contributed by atoms with E-state index in [4.69, 9.17) is 5.26 Å². The summed E-state index contributed by atoms with van der Waals surface area (Å²) < 4.78 is 64.3. The van der Waals surface area contributed by atoms with Crippen molar-refractivity contribution in [3.8, 4) is 6.07 Å². The molecule has 1 unspecified atom stereocenters. The van der Waals surface area contributed by atoms with Crippen molar-refractivity contribution in [2.75, 3.05) is 0 Å². The van der Waals surface area contributed by atoms with Crippen molar-refractivity contribution in [2.45, 2.75) is 6.92 Å². The van der Waals surface area contributed by atoms with Crippen LogP contribution in [-0.4, -0.2) is 5.78 Å². The smallest absolute Gasteiger partial charge is 0.200 e. The highest BCUT2D eigenvalue weighted by molar-refractivity contribution is 5.99. The van der Waals surface area contributed by atoms with Gasteiger partial charge in [-0.3, -0.25) is 4.79 Å². The van der Waals surface area contributed by atoms with E-state index in [1.165, 1.54) is 6.07 Å². The van der Waals surface area contributed by atoms with Gasteiger partial charge >= 0.3 is 0 Å². The van der Waals surface area contributed by atoms with E-state index in [1.807, 2.05) is 0 Å². The molecule has 0 heterocycles. The molecule has 0 aliphatic carbocycles. The van der Waals surface area contributed by atoms with Crippen molar-refractivity contribution in [1.82, 2.24) is 0 Å². The van der Waals surface area contributed by atoms with Gasteiger partial charge in [-0.15, -0.1) is 0 Å². The van der Waals surface area contributed by atoms with Gasteiger partial charge in [0.2, 0.25) is 5.82 Å². The molecule has 1 atom stereocenters. The third kappa shape index (κ3) is 1.98. The maximum Gasteiger partial charge on any atom is 0.200 e. The Labute approximate surface area is 92.3 Å². The van der Waals surface area contributed by atoms with Crippen LogP contribution in [0.25, 0.3) is 0 Å². The molecular formula is C10H4F5NO. The monoisotopic (exact) mass is 249 g/mol. The number of carbonyl (C=O) groups is 1. The summed E-state index contributed by atoms with van der Waals surface area (Å²) in [5, 5.41) is 8.36. The highest BCUT2D eigenvalue weighted by Crippen LogP contribution is 2.24. The van der Waals surface area contributed by atoms with E-state index < -0.39 is 46.4 Å². The summed E-state index contributed by atoms with van der Waals surface area (Å²) in [6, 6.07) is 1.35. The second-order valence-electron chi connectivity index (χ2n) is 3.16. The van der Waals surface area contributed by atoms with E-state index in [0.717, 1.165) is 6.92 Å². The van der Waals surface area contributed by atoms with Crippen LogP contribution in [0.15, 0.2) is 0 Å². The molecule has 0 saturated heterocycles. The minimum absolute atomic E-state index is 0.986. The Morgan fingerprint density at radius 2 is 1.35 bits per heavy atom. The lowest BCUT2D eigenvalue weighted by Crippen LogP contribution is -2.17. The number of hydrogen-bond donors (Lipinski definition) is 0. The van der Waals surface area contributed by atoms with E-state index >= 15 is 0 Å². The highest BCUT2D eigenvalue weighted by atomic mass is 19.2. The van der Waals surface area contributed by atoms with E-state index in [-0.39, 0.29) is 0 Å². The lowest BCUT2D eigenvalue weighted by atomic mass is 9.99. The number of hydrogen-bond acceptors (Lipinski definition) is 2. The second-order valence-corrected chi connectivity index (χ2v) is 3.16. The fourth-order valence-corrected chi connectivity index (χ4v) is 1.10. The van der Waals surface area contributed by atoms with Gasteiger partial charge in [0, 0.05) is 0 Å². The maximum absolute atomic E-state index is 13.1. The molecule has 7 heteroatoms. The largest absolute Gasteiger partial charge is 0.292 e. The molecule has 0 spiro atoms. The lowest BCUT2D eigenvalue weighted by Gasteiger charge is -2.07. The standard InChI is InChI=1S/C10H4F5NO/c1-3(2-16)10(17)4-5(11)7(13)9(15)8(14)6(4)12/h3H,1H3. The number of nitriles is 1. The summed E-state index contributed by atoms with van der Waals surface area (Å²) in [6.07, 6.45) is 0. The van der Waals surface area contributed by atoms with E-state index in [9.17, 15) is 26.7 Å². The predicted molar refractivity (Wildman–Crippen MR) is 45.3 cm³/mol. The summed E-state index contributed by atoms with van der Waals surface area (Å²) in [4.78, 5) is 11.3. The zero-order chi connectivity index (χ0) is 13.3. The first kappa shape index (κ1) is 13.1. The zero-order valence-corrected chi connectivity index (χ0v) is 8.32. The highest BCUT2D eigenvalue weighted by Gasteiger charge is 2.31. The number of halogens is 5. The molecule has 90 valence electrons. The molecule has 0 amide bonds. The molecular weight excluding hydrogens is 245 g/mol. The van der Waals surface area contributed by atoms with E-state index in [1.54, 1.807) is 0 Å². The summed E-state index contributed by atoms with van der Waals surface area (Å²) in [6.45, 7) is 0.986. The normalized spacial score (nSPS) is 12.1. The van der Waals surface area contributed by atoms with Gasteiger partial charge < -0.3 is 0 Å². The molecule has 0 N–H and O–H groups in total. The Balaban J connectivity index is 3.56. The molecule has 0 radical (unpaired) electrons. The maximum atomic E-state index is 13.1. The third-order valence-corrected chi connectivity index (χ3v) is 2.04. The molecule has 17 heavy (non-hydrogen) atoms. The van der Waals surface area contributed by atoms with Gasteiger partial charge in [-0.1, -0.05) is 0 Å². The Bertz CT molecular complexity index is 505. The average molecular weight is 249 g/mol. The molecule has 0 aliphatic rings. The first-order valence-corrected chi connectivity index (χ1v) is 4.28. The minimum Gasteiger partial charge on any atom is -0.292 e. The topological polar surface area (TPSA) is 40.9 Å². The van der Waals surface area contributed by atoms with Crippen molar-refractivity contribution in [1.29, 1.82) is 5.26 Å². The van der Waals surface area contributed by atoms with Gasteiger partial charge in [0.1, 0.15) is 5.92 Å². The second kappa shape index (κ2) is 4.49. The zero-order valence-electron chi connectivity index (χ0n) is 8.32. The van der Waals surface area contributed by atoms with Gasteiger partial charge in [0.25, 0.3) is 0 Å². The predicted octanol–water partition coefficient (Wildman–Crippen LogP) is 2.72. The molecule has 0 bridgehead atoms. The minimum atomic E-state index is -2.35. The van der Waals surface area contributed by atoms with Crippen LogP contribution in [0.4, 0.5) is 22.0 Å². The van der Waals surface area contributed by atoms with Crippen molar-refractivity contribution in [3.05, 3.63) is 34.6 Å². The van der Waals surface area contributed by atoms with Gasteiger partial charge in [-0.05, 0) is 6.92 Å². The summed E-state index contributed by atoms with van der Waals surface area (Å²) >= 11 is 0. The number of nitrogens with zero attached hydrogens (tertiary/aromatic N) is 1. The molecule has 2 nitrogen and oxygen atoms in total. The van der Waals surface area contributed by atoms with Crippen LogP contribution in [0.2, 0.25) is 0 Å².